The number of ether oxygens (including phenoxy) is 1. The van der Waals surface area contributed by atoms with E-state index in [2.05, 4.69) is 19.1 Å². The summed E-state index contributed by atoms with van der Waals surface area (Å²) in [6.07, 6.45) is 20.6. The molecule has 0 heterocycles. The van der Waals surface area contributed by atoms with Gasteiger partial charge in [0.2, 0.25) is 0 Å². The van der Waals surface area contributed by atoms with Crippen molar-refractivity contribution in [3.8, 4) is 5.75 Å². The normalized spacial score (nSPS) is 12.3. The summed E-state index contributed by atoms with van der Waals surface area (Å²) in [6.45, 7) is 4.50. The Morgan fingerprint density at radius 2 is 1.41 bits per heavy atom. The number of aromatic hydroxyl groups is 1. The fraction of sp³-hybridized carbons (Fsp3) is 0.654. The molecule has 0 fully saturated rings. The minimum atomic E-state index is -0.229. The molecule has 0 amide bonds. The maximum absolute atomic E-state index is 12.3. The Balaban J connectivity index is 2.15. The van der Waals surface area contributed by atoms with E-state index in [4.69, 9.17) is 4.74 Å². The van der Waals surface area contributed by atoms with Crippen LogP contribution in [0.2, 0.25) is 0 Å². The van der Waals surface area contributed by atoms with E-state index in [0.29, 0.717) is 6.61 Å². The number of phenolic OH excluding ortho intramolecular Hbond substituents is 1. The van der Waals surface area contributed by atoms with Crippen LogP contribution in [0.1, 0.15) is 109 Å². The van der Waals surface area contributed by atoms with Crippen LogP contribution >= 0.6 is 0 Å². The van der Waals surface area contributed by atoms with Gasteiger partial charge in [-0.3, -0.25) is 4.79 Å². The number of carbonyl (C=O) groups excluding carboxylic acids is 1. The van der Waals surface area contributed by atoms with Crippen molar-refractivity contribution in [3.05, 3.63) is 42.0 Å². The fourth-order valence-electron chi connectivity index (χ4n) is 3.61. The molecule has 29 heavy (non-hydrogen) atoms. The molecule has 3 nitrogen and oxygen atoms in total. The van der Waals surface area contributed by atoms with Crippen LogP contribution in [0.3, 0.4) is 0 Å². The standard InChI is InChI=1S/C26H42O3/c1-3-5-6-7-8-9-10-11-12-13-14-15-16-17-18-25(26(28)29-4-2)23-19-21-24(27)22-20-23/h11-12,19-22,25,27H,3-10,13-18H2,1-2H3. The zero-order valence-corrected chi connectivity index (χ0v) is 18.7. The van der Waals surface area contributed by atoms with E-state index in [-0.39, 0.29) is 17.6 Å². The summed E-state index contributed by atoms with van der Waals surface area (Å²) in [4.78, 5) is 12.3. The first-order chi connectivity index (χ1) is 14.2. The Bertz CT molecular complexity index is 548. The minimum Gasteiger partial charge on any atom is -0.508 e. The van der Waals surface area contributed by atoms with Gasteiger partial charge in [0.05, 0.1) is 12.5 Å². The Kier molecular flexibility index (Phi) is 14.9. The number of phenols is 1. The molecule has 1 aromatic rings. The molecule has 0 aliphatic carbocycles. The van der Waals surface area contributed by atoms with Crippen molar-refractivity contribution in [2.45, 2.75) is 103 Å². The van der Waals surface area contributed by atoms with E-state index in [1.54, 1.807) is 12.1 Å². The molecular formula is C26H42O3. The van der Waals surface area contributed by atoms with Crippen molar-refractivity contribution in [2.75, 3.05) is 6.61 Å². The Hall–Kier alpha value is -1.77. The minimum absolute atomic E-state index is 0.157. The van der Waals surface area contributed by atoms with Gasteiger partial charge in [-0.2, -0.15) is 0 Å². The van der Waals surface area contributed by atoms with E-state index in [0.717, 1.165) is 31.2 Å². The highest BCUT2D eigenvalue weighted by Gasteiger charge is 2.21. The lowest BCUT2D eigenvalue weighted by Crippen LogP contribution is -2.16. The SMILES string of the molecule is CCCCCCCCC=CCCCCCCC(C(=O)OCC)c1ccc(O)cc1. The molecule has 1 N–H and O–H groups in total. The van der Waals surface area contributed by atoms with Gasteiger partial charge in [0.15, 0.2) is 0 Å². The largest absolute Gasteiger partial charge is 0.508 e. The number of benzene rings is 1. The van der Waals surface area contributed by atoms with Gasteiger partial charge in [-0.15, -0.1) is 0 Å². The van der Waals surface area contributed by atoms with E-state index in [1.165, 1.54) is 57.8 Å². The highest BCUT2D eigenvalue weighted by atomic mass is 16.5. The average molecular weight is 403 g/mol. The maximum atomic E-state index is 12.3. The van der Waals surface area contributed by atoms with Gasteiger partial charge in [-0.25, -0.2) is 0 Å². The van der Waals surface area contributed by atoms with Crippen molar-refractivity contribution in [2.24, 2.45) is 0 Å². The molecule has 1 atom stereocenters. The first kappa shape index (κ1) is 25.3. The predicted molar refractivity (Wildman–Crippen MR) is 122 cm³/mol. The third-order valence-corrected chi connectivity index (χ3v) is 5.37. The lowest BCUT2D eigenvalue weighted by Gasteiger charge is -2.16. The molecule has 0 radical (unpaired) electrons. The van der Waals surface area contributed by atoms with Crippen molar-refractivity contribution >= 4 is 5.97 Å². The second kappa shape index (κ2) is 17.1. The van der Waals surface area contributed by atoms with Gasteiger partial charge in [0, 0.05) is 0 Å². The first-order valence-corrected chi connectivity index (χ1v) is 11.8. The molecule has 1 aromatic carbocycles. The number of hydrogen-bond acceptors (Lipinski definition) is 3. The molecule has 0 saturated carbocycles. The lowest BCUT2D eigenvalue weighted by molar-refractivity contribution is -0.145. The predicted octanol–water partition coefficient (Wildman–Crippen LogP) is 7.69. The van der Waals surface area contributed by atoms with Gasteiger partial charge in [-0.05, 0) is 56.7 Å². The molecule has 0 aliphatic rings. The van der Waals surface area contributed by atoms with Crippen LogP contribution in [0.5, 0.6) is 5.75 Å². The van der Waals surface area contributed by atoms with Crippen molar-refractivity contribution in [3.63, 3.8) is 0 Å². The third-order valence-electron chi connectivity index (χ3n) is 5.37. The molecule has 0 aromatic heterocycles. The summed E-state index contributed by atoms with van der Waals surface area (Å²) in [5.41, 5.74) is 0.930. The molecule has 3 heteroatoms. The van der Waals surface area contributed by atoms with Crippen LogP contribution in [-0.4, -0.2) is 17.7 Å². The van der Waals surface area contributed by atoms with Gasteiger partial charge >= 0.3 is 5.97 Å². The summed E-state index contributed by atoms with van der Waals surface area (Å²) in [7, 11) is 0. The smallest absolute Gasteiger partial charge is 0.313 e. The number of rotatable bonds is 17. The number of carbonyl (C=O) groups is 1. The van der Waals surface area contributed by atoms with E-state index in [9.17, 15) is 9.90 Å². The van der Waals surface area contributed by atoms with Gasteiger partial charge in [-0.1, -0.05) is 82.6 Å². The molecule has 164 valence electrons. The van der Waals surface area contributed by atoms with Crippen LogP contribution in [0, 0.1) is 0 Å². The van der Waals surface area contributed by atoms with Gasteiger partial charge in [0.25, 0.3) is 0 Å². The Morgan fingerprint density at radius 3 is 2.00 bits per heavy atom. The summed E-state index contributed by atoms with van der Waals surface area (Å²) < 4.78 is 5.25. The third kappa shape index (κ3) is 12.4. The van der Waals surface area contributed by atoms with E-state index >= 15 is 0 Å². The fourth-order valence-corrected chi connectivity index (χ4v) is 3.61. The molecule has 0 saturated heterocycles. The lowest BCUT2D eigenvalue weighted by atomic mass is 9.93. The second-order valence-corrected chi connectivity index (χ2v) is 7.92. The molecule has 0 spiro atoms. The van der Waals surface area contributed by atoms with Crippen LogP contribution in [0.15, 0.2) is 36.4 Å². The van der Waals surface area contributed by atoms with Crippen molar-refractivity contribution in [1.82, 2.24) is 0 Å². The molecule has 0 aliphatic heterocycles. The molecular weight excluding hydrogens is 360 g/mol. The first-order valence-electron chi connectivity index (χ1n) is 11.8. The topological polar surface area (TPSA) is 46.5 Å². The molecule has 1 unspecified atom stereocenters. The Morgan fingerprint density at radius 1 is 0.862 bits per heavy atom. The van der Waals surface area contributed by atoms with Crippen LogP contribution < -0.4 is 0 Å². The van der Waals surface area contributed by atoms with Gasteiger partial charge < -0.3 is 9.84 Å². The summed E-state index contributed by atoms with van der Waals surface area (Å²) >= 11 is 0. The van der Waals surface area contributed by atoms with Crippen LogP contribution in [0.4, 0.5) is 0 Å². The van der Waals surface area contributed by atoms with Crippen LogP contribution in [0.25, 0.3) is 0 Å². The number of unbranched alkanes of at least 4 members (excludes halogenated alkanes) is 10. The monoisotopic (exact) mass is 402 g/mol. The zero-order chi connectivity index (χ0) is 21.2. The maximum Gasteiger partial charge on any atom is 0.313 e. The molecule has 1 rings (SSSR count). The molecule has 0 bridgehead atoms. The van der Waals surface area contributed by atoms with Crippen molar-refractivity contribution in [1.29, 1.82) is 0 Å². The number of esters is 1. The number of allylic oxidation sites excluding steroid dienone is 2. The van der Waals surface area contributed by atoms with Crippen LogP contribution in [-0.2, 0) is 9.53 Å². The quantitative estimate of drug-likeness (QED) is 0.165. The highest BCUT2D eigenvalue weighted by molar-refractivity contribution is 5.78. The zero-order valence-electron chi connectivity index (χ0n) is 18.7. The average Bonchev–Trinajstić information content (AvgIpc) is 2.72. The number of hydrogen-bond donors (Lipinski definition) is 1. The summed E-state index contributed by atoms with van der Waals surface area (Å²) in [5, 5.41) is 9.47. The van der Waals surface area contributed by atoms with E-state index in [1.807, 2.05) is 19.1 Å². The van der Waals surface area contributed by atoms with E-state index < -0.39 is 0 Å². The summed E-state index contributed by atoms with van der Waals surface area (Å²) in [6, 6.07) is 6.93. The van der Waals surface area contributed by atoms with Crippen molar-refractivity contribution < 1.29 is 14.6 Å². The second-order valence-electron chi connectivity index (χ2n) is 7.92. The summed E-state index contributed by atoms with van der Waals surface area (Å²) in [5.74, 6) is -0.163. The Labute approximate surface area is 178 Å². The highest BCUT2D eigenvalue weighted by Crippen LogP contribution is 2.26. The van der Waals surface area contributed by atoms with Gasteiger partial charge in [0.1, 0.15) is 5.75 Å².